The molecule has 1 aromatic carbocycles. The third-order valence-electron chi connectivity index (χ3n) is 3.23. The molecule has 0 fully saturated rings. The van der Waals surface area contributed by atoms with E-state index in [1.165, 1.54) is 12.4 Å². The summed E-state index contributed by atoms with van der Waals surface area (Å²) in [6.07, 6.45) is 4.59. The Labute approximate surface area is 122 Å². The van der Waals surface area contributed by atoms with Crippen molar-refractivity contribution in [1.29, 1.82) is 0 Å². The van der Waals surface area contributed by atoms with E-state index < -0.39 is 10.0 Å². The Bertz CT molecular complexity index is 837. The van der Waals surface area contributed by atoms with Crippen LogP contribution in [0.25, 0.3) is 0 Å². The van der Waals surface area contributed by atoms with Crippen LogP contribution in [0.2, 0.25) is 0 Å². The number of fused-ring (bicyclic) bond motifs is 1. The molecule has 0 amide bonds. The van der Waals surface area contributed by atoms with Gasteiger partial charge in [-0.1, -0.05) is 12.1 Å². The average molecular weight is 303 g/mol. The quantitative estimate of drug-likeness (QED) is 0.808. The average Bonchev–Trinajstić information content (AvgIpc) is 2.89. The molecule has 0 bridgehead atoms. The molecule has 7 heteroatoms. The van der Waals surface area contributed by atoms with Crippen LogP contribution >= 0.6 is 0 Å². The van der Waals surface area contributed by atoms with Crippen molar-refractivity contribution in [2.24, 2.45) is 12.0 Å². The van der Waals surface area contributed by atoms with Gasteiger partial charge < -0.3 is 4.57 Å². The van der Waals surface area contributed by atoms with E-state index in [4.69, 9.17) is 0 Å². The Balaban J connectivity index is 1.90. The minimum atomic E-state index is -3.72. The first-order valence-electron chi connectivity index (χ1n) is 6.29. The van der Waals surface area contributed by atoms with Gasteiger partial charge >= 0.3 is 0 Å². The Morgan fingerprint density at radius 3 is 2.71 bits per heavy atom. The third kappa shape index (κ3) is 2.36. The zero-order chi connectivity index (χ0) is 15.0. The van der Waals surface area contributed by atoms with Crippen LogP contribution in [0.1, 0.15) is 10.4 Å². The van der Waals surface area contributed by atoms with E-state index in [0.717, 1.165) is 4.31 Å². The number of carbonyl (C=O) groups excluding carboxylic acids is 1. The molecule has 0 aliphatic carbocycles. The topological polar surface area (TPSA) is 71.7 Å². The molecule has 0 saturated carbocycles. The van der Waals surface area contributed by atoms with Gasteiger partial charge in [-0.15, -0.1) is 0 Å². The van der Waals surface area contributed by atoms with Crippen LogP contribution in [0.15, 0.2) is 52.6 Å². The SMILES string of the molecule is Cn1ccc(C(=O)CN2C=Nc3ccccc3S2(=O)=O)c1. The smallest absolute Gasteiger partial charge is 0.267 e. The number of hydrogen-bond acceptors (Lipinski definition) is 4. The van der Waals surface area contributed by atoms with Crippen molar-refractivity contribution in [2.75, 3.05) is 6.54 Å². The van der Waals surface area contributed by atoms with Gasteiger partial charge in [0.1, 0.15) is 11.2 Å². The number of Topliss-reactive ketones (excluding diaryl/α,β-unsaturated/α-hetero) is 1. The molecule has 2 aromatic rings. The van der Waals surface area contributed by atoms with Gasteiger partial charge in [0.05, 0.1) is 12.2 Å². The molecule has 3 rings (SSSR count). The molecule has 0 unspecified atom stereocenters. The molecule has 0 spiro atoms. The molecule has 0 radical (unpaired) electrons. The highest BCUT2D eigenvalue weighted by molar-refractivity contribution is 7.89. The lowest BCUT2D eigenvalue weighted by Gasteiger charge is -2.23. The molecule has 2 heterocycles. The van der Waals surface area contributed by atoms with E-state index in [1.807, 2.05) is 0 Å². The van der Waals surface area contributed by atoms with E-state index >= 15 is 0 Å². The van der Waals surface area contributed by atoms with Gasteiger partial charge in [-0.3, -0.25) is 4.79 Å². The predicted molar refractivity (Wildman–Crippen MR) is 78.2 cm³/mol. The summed E-state index contributed by atoms with van der Waals surface area (Å²) in [5.74, 6) is -0.273. The number of ketones is 1. The maximum Gasteiger partial charge on any atom is 0.267 e. The van der Waals surface area contributed by atoms with Crippen molar-refractivity contribution in [3.8, 4) is 0 Å². The zero-order valence-electron chi connectivity index (χ0n) is 11.3. The van der Waals surface area contributed by atoms with Crippen LogP contribution in [-0.2, 0) is 17.1 Å². The lowest BCUT2D eigenvalue weighted by Crippen LogP contribution is -2.36. The number of aromatic nitrogens is 1. The standard InChI is InChI=1S/C14H13N3O3S/c1-16-7-6-11(8-16)13(18)9-17-10-15-12-4-2-3-5-14(12)21(17,19)20/h2-8,10H,9H2,1H3. The van der Waals surface area contributed by atoms with Crippen LogP contribution in [0.4, 0.5) is 5.69 Å². The highest BCUT2D eigenvalue weighted by Crippen LogP contribution is 2.29. The summed E-state index contributed by atoms with van der Waals surface area (Å²) in [6.45, 7) is -0.260. The molecule has 1 aromatic heterocycles. The van der Waals surface area contributed by atoms with Crippen molar-refractivity contribution in [1.82, 2.24) is 8.87 Å². The van der Waals surface area contributed by atoms with Crippen LogP contribution in [-0.4, -0.2) is 36.0 Å². The van der Waals surface area contributed by atoms with Gasteiger partial charge in [0.2, 0.25) is 0 Å². The maximum absolute atomic E-state index is 12.5. The second kappa shape index (κ2) is 4.85. The number of aliphatic imine (C=N–C) groups is 1. The number of rotatable bonds is 3. The van der Waals surface area contributed by atoms with Crippen LogP contribution in [0, 0.1) is 0 Å². The Kier molecular flexibility index (Phi) is 3.13. The molecule has 0 atom stereocenters. The molecule has 1 aliphatic rings. The minimum absolute atomic E-state index is 0.119. The second-order valence-electron chi connectivity index (χ2n) is 4.75. The van der Waals surface area contributed by atoms with Gasteiger partial charge in [-0.2, -0.15) is 0 Å². The lowest BCUT2D eigenvalue weighted by atomic mass is 10.2. The number of benzene rings is 1. The maximum atomic E-state index is 12.5. The summed E-state index contributed by atoms with van der Waals surface area (Å²) in [6, 6.07) is 8.12. The summed E-state index contributed by atoms with van der Waals surface area (Å²) >= 11 is 0. The highest BCUT2D eigenvalue weighted by Gasteiger charge is 2.30. The first-order valence-corrected chi connectivity index (χ1v) is 7.73. The summed E-state index contributed by atoms with van der Waals surface area (Å²) < 4.78 is 27.6. The molecule has 21 heavy (non-hydrogen) atoms. The molecule has 108 valence electrons. The lowest BCUT2D eigenvalue weighted by molar-refractivity contribution is 0.0981. The van der Waals surface area contributed by atoms with Crippen LogP contribution in [0.5, 0.6) is 0 Å². The van der Waals surface area contributed by atoms with Crippen molar-refractivity contribution in [3.63, 3.8) is 0 Å². The molecule has 6 nitrogen and oxygen atoms in total. The molecular weight excluding hydrogens is 290 g/mol. The van der Waals surface area contributed by atoms with Gasteiger partial charge in [-0.25, -0.2) is 17.7 Å². The molecule has 0 N–H and O–H groups in total. The van der Waals surface area contributed by atoms with E-state index in [0.29, 0.717) is 11.3 Å². The molecule has 0 saturated heterocycles. The number of para-hydroxylation sites is 1. The van der Waals surface area contributed by atoms with Crippen molar-refractivity contribution in [2.45, 2.75) is 4.90 Å². The Hall–Kier alpha value is -2.41. The summed E-state index contributed by atoms with van der Waals surface area (Å²) in [5.41, 5.74) is 0.862. The Morgan fingerprint density at radius 2 is 2.00 bits per heavy atom. The van der Waals surface area contributed by atoms with E-state index in [9.17, 15) is 13.2 Å². The fraction of sp³-hybridized carbons (Fsp3) is 0.143. The van der Waals surface area contributed by atoms with E-state index in [2.05, 4.69) is 4.99 Å². The first-order chi connectivity index (χ1) is 9.98. The monoisotopic (exact) mass is 303 g/mol. The summed E-state index contributed by atoms with van der Waals surface area (Å²) in [4.78, 5) is 16.4. The highest BCUT2D eigenvalue weighted by atomic mass is 32.2. The molecular formula is C14H13N3O3S. The zero-order valence-corrected chi connectivity index (χ0v) is 12.1. The normalized spacial score (nSPS) is 15.8. The van der Waals surface area contributed by atoms with Crippen LogP contribution < -0.4 is 0 Å². The van der Waals surface area contributed by atoms with Crippen molar-refractivity contribution in [3.05, 3.63) is 48.3 Å². The largest absolute Gasteiger partial charge is 0.357 e. The summed E-state index contributed by atoms with van der Waals surface area (Å²) in [7, 11) is -1.92. The van der Waals surface area contributed by atoms with Crippen molar-refractivity contribution >= 4 is 27.8 Å². The fourth-order valence-corrected chi connectivity index (χ4v) is 3.47. The second-order valence-corrected chi connectivity index (χ2v) is 6.61. The number of carbonyl (C=O) groups is 1. The number of aryl methyl sites for hydroxylation is 1. The predicted octanol–water partition coefficient (Wildman–Crippen LogP) is 1.57. The third-order valence-corrected chi connectivity index (χ3v) is 4.97. The molecule has 1 aliphatic heterocycles. The van der Waals surface area contributed by atoms with Gasteiger partial charge in [0, 0.05) is 25.0 Å². The van der Waals surface area contributed by atoms with Gasteiger partial charge in [0.25, 0.3) is 10.0 Å². The van der Waals surface area contributed by atoms with Crippen molar-refractivity contribution < 1.29 is 13.2 Å². The first kappa shape index (κ1) is 13.6. The van der Waals surface area contributed by atoms with E-state index in [1.54, 1.807) is 48.3 Å². The minimum Gasteiger partial charge on any atom is -0.357 e. The summed E-state index contributed by atoms with van der Waals surface area (Å²) in [5, 5.41) is 0. The van der Waals surface area contributed by atoms with E-state index in [-0.39, 0.29) is 17.2 Å². The van der Waals surface area contributed by atoms with Crippen LogP contribution in [0.3, 0.4) is 0 Å². The number of nitrogens with zero attached hydrogens (tertiary/aromatic N) is 3. The van der Waals surface area contributed by atoms with Gasteiger partial charge in [-0.05, 0) is 18.2 Å². The Morgan fingerprint density at radius 1 is 1.24 bits per heavy atom. The van der Waals surface area contributed by atoms with Gasteiger partial charge in [0.15, 0.2) is 5.78 Å². The number of sulfonamides is 1. The number of hydrogen-bond donors (Lipinski definition) is 0. The fourth-order valence-electron chi connectivity index (χ4n) is 2.12.